The van der Waals surface area contributed by atoms with E-state index in [0.29, 0.717) is 30.1 Å². The second kappa shape index (κ2) is 10.6. The summed E-state index contributed by atoms with van der Waals surface area (Å²) in [4.78, 5) is 18.0. The molecule has 1 amide bonds. The van der Waals surface area contributed by atoms with Crippen LogP contribution in [0.15, 0.2) is 23.2 Å². The van der Waals surface area contributed by atoms with E-state index in [1.165, 1.54) is 19.3 Å². The van der Waals surface area contributed by atoms with E-state index >= 15 is 0 Å². The largest absolute Gasteiger partial charge is 0.493 e. The van der Waals surface area contributed by atoms with Gasteiger partial charge in [0.05, 0.1) is 13.7 Å². The summed E-state index contributed by atoms with van der Waals surface area (Å²) >= 11 is 0. The number of benzene rings is 1. The Morgan fingerprint density at radius 2 is 1.96 bits per heavy atom. The lowest BCUT2D eigenvalue weighted by atomic mass is 9.96. The average molecular weight is 377 g/mol. The van der Waals surface area contributed by atoms with E-state index in [2.05, 4.69) is 15.6 Å². The molecule has 1 aromatic carbocycles. The Bertz CT molecular complexity index is 640. The van der Waals surface area contributed by atoms with Crippen LogP contribution in [-0.2, 0) is 4.79 Å². The number of guanidine groups is 1. The van der Waals surface area contributed by atoms with Crippen molar-refractivity contribution in [2.45, 2.75) is 45.1 Å². The Labute approximate surface area is 162 Å². The van der Waals surface area contributed by atoms with Crippen molar-refractivity contribution in [3.8, 4) is 11.5 Å². The normalized spacial score (nSPS) is 15.2. The van der Waals surface area contributed by atoms with Gasteiger partial charge in [-0.1, -0.05) is 19.3 Å². The van der Waals surface area contributed by atoms with Gasteiger partial charge in [-0.15, -0.1) is 0 Å². The Morgan fingerprint density at radius 3 is 2.59 bits per heavy atom. The van der Waals surface area contributed by atoms with Crippen LogP contribution in [0.5, 0.6) is 11.5 Å². The van der Waals surface area contributed by atoms with E-state index in [-0.39, 0.29) is 12.5 Å². The highest BCUT2D eigenvalue weighted by atomic mass is 16.5. The molecule has 0 radical (unpaired) electrons. The lowest BCUT2D eigenvalue weighted by Gasteiger charge is -2.25. The molecule has 150 valence electrons. The number of amides is 1. The number of carbonyl (C=O) groups excluding carboxylic acids is 1. The summed E-state index contributed by atoms with van der Waals surface area (Å²) in [5.74, 6) is 1.93. The summed E-state index contributed by atoms with van der Waals surface area (Å²) in [6, 6.07) is 6.03. The quantitative estimate of drug-likeness (QED) is 0.565. The zero-order valence-corrected chi connectivity index (χ0v) is 16.9. The van der Waals surface area contributed by atoms with Gasteiger partial charge >= 0.3 is 0 Å². The molecule has 0 spiro atoms. The topological polar surface area (TPSA) is 75.2 Å². The van der Waals surface area contributed by atoms with Gasteiger partial charge in [0.2, 0.25) is 5.91 Å². The van der Waals surface area contributed by atoms with Crippen LogP contribution >= 0.6 is 0 Å². The van der Waals surface area contributed by atoms with Gasteiger partial charge in [0.15, 0.2) is 17.5 Å². The van der Waals surface area contributed by atoms with Crippen molar-refractivity contribution < 1.29 is 14.3 Å². The summed E-state index contributed by atoms with van der Waals surface area (Å²) in [7, 11) is 5.09. The minimum absolute atomic E-state index is 0.0375. The summed E-state index contributed by atoms with van der Waals surface area (Å²) in [5, 5.41) is 6.78. The van der Waals surface area contributed by atoms with Gasteiger partial charge in [-0.25, -0.2) is 4.99 Å². The second-order valence-corrected chi connectivity index (χ2v) is 6.86. The van der Waals surface area contributed by atoms with E-state index in [4.69, 9.17) is 9.47 Å². The molecule has 1 aliphatic rings. The lowest BCUT2D eigenvalue weighted by molar-refractivity contribution is -0.127. The molecule has 7 heteroatoms. The van der Waals surface area contributed by atoms with Gasteiger partial charge in [-0.3, -0.25) is 4.79 Å². The molecular formula is C20H32N4O3. The standard InChI is InChI=1S/C20H32N4O3/c1-5-27-18-13-16(11-12-17(18)26-4)23-20(21-14-19(25)24(2)3)22-15-9-7-6-8-10-15/h11-13,15H,5-10,14H2,1-4H3,(H2,21,22,23). The molecule has 0 unspecified atom stereocenters. The number of nitrogens with one attached hydrogen (secondary N) is 2. The van der Waals surface area contributed by atoms with Crippen molar-refractivity contribution in [1.82, 2.24) is 10.2 Å². The molecule has 27 heavy (non-hydrogen) atoms. The SMILES string of the molecule is CCOc1cc(NC(=NCC(=O)N(C)C)NC2CCCCC2)ccc1OC. The van der Waals surface area contributed by atoms with Gasteiger partial charge in [0, 0.05) is 31.9 Å². The number of hydrogen-bond acceptors (Lipinski definition) is 4. The number of nitrogens with zero attached hydrogens (tertiary/aromatic N) is 2. The monoisotopic (exact) mass is 376 g/mol. The summed E-state index contributed by atoms with van der Waals surface area (Å²) < 4.78 is 11.0. The van der Waals surface area contributed by atoms with Crippen molar-refractivity contribution in [2.75, 3.05) is 39.7 Å². The maximum Gasteiger partial charge on any atom is 0.243 e. The molecule has 0 saturated heterocycles. The molecular weight excluding hydrogens is 344 g/mol. The molecule has 0 heterocycles. The fourth-order valence-electron chi connectivity index (χ4n) is 3.01. The van der Waals surface area contributed by atoms with Gasteiger partial charge in [-0.05, 0) is 31.9 Å². The van der Waals surface area contributed by atoms with Gasteiger partial charge in [0.25, 0.3) is 0 Å². The maximum absolute atomic E-state index is 11.9. The number of ether oxygens (including phenoxy) is 2. The minimum atomic E-state index is -0.0375. The summed E-state index contributed by atoms with van der Waals surface area (Å²) in [6.45, 7) is 2.59. The first-order valence-corrected chi connectivity index (χ1v) is 9.62. The Hall–Kier alpha value is -2.44. The number of hydrogen-bond donors (Lipinski definition) is 2. The molecule has 0 atom stereocenters. The van der Waals surface area contributed by atoms with E-state index in [9.17, 15) is 4.79 Å². The van der Waals surface area contributed by atoms with Crippen LogP contribution in [0.2, 0.25) is 0 Å². The van der Waals surface area contributed by atoms with Crippen molar-refractivity contribution in [3.63, 3.8) is 0 Å². The van der Waals surface area contributed by atoms with Crippen molar-refractivity contribution in [3.05, 3.63) is 18.2 Å². The molecule has 1 fully saturated rings. The zero-order valence-electron chi connectivity index (χ0n) is 16.9. The van der Waals surface area contributed by atoms with Crippen LogP contribution < -0.4 is 20.1 Å². The predicted octanol–water partition coefficient (Wildman–Crippen LogP) is 2.87. The van der Waals surface area contributed by atoms with Crippen molar-refractivity contribution >= 4 is 17.6 Å². The third kappa shape index (κ3) is 6.66. The van der Waals surface area contributed by atoms with Gasteiger partial charge in [0.1, 0.15) is 6.54 Å². The molecule has 7 nitrogen and oxygen atoms in total. The number of carbonyl (C=O) groups is 1. The molecule has 2 N–H and O–H groups in total. The minimum Gasteiger partial charge on any atom is -0.493 e. The van der Waals surface area contributed by atoms with E-state index < -0.39 is 0 Å². The molecule has 2 rings (SSSR count). The first-order chi connectivity index (χ1) is 13.0. The first kappa shape index (κ1) is 20.9. The number of anilines is 1. The highest BCUT2D eigenvalue weighted by molar-refractivity contribution is 5.95. The van der Waals surface area contributed by atoms with Crippen LogP contribution in [0.1, 0.15) is 39.0 Å². The third-order valence-electron chi connectivity index (χ3n) is 4.54. The Balaban J connectivity index is 2.15. The maximum atomic E-state index is 11.9. The van der Waals surface area contributed by atoms with Gasteiger partial charge < -0.3 is 25.0 Å². The van der Waals surface area contributed by atoms with Crippen LogP contribution in [0.3, 0.4) is 0 Å². The smallest absolute Gasteiger partial charge is 0.243 e. The van der Waals surface area contributed by atoms with E-state index in [1.54, 1.807) is 26.1 Å². The third-order valence-corrected chi connectivity index (χ3v) is 4.54. The predicted molar refractivity (Wildman–Crippen MR) is 109 cm³/mol. The van der Waals surface area contributed by atoms with Crippen molar-refractivity contribution in [1.29, 1.82) is 0 Å². The number of aliphatic imine (C=N–C) groups is 1. The Morgan fingerprint density at radius 1 is 1.22 bits per heavy atom. The fraction of sp³-hybridized carbons (Fsp3) is 0.600. The fourth-order valence-corrected chi connectivity index (χ4v) is 3.01. The second-order valence-electron chi connectivity index (χ2n) is 6.86. The molecule has 1 saturated carbocycles. The number of likely N-dealkylation sites (N-methyl/N-ethyl adjacent to an activating group) is 1. The van der Waals surface area contributed by atoms with Crippen LogP contribution in [0, 0.1) is 0 Å². The molecule has 0 aromatic heterocycles. The first-order valence-electron chi connectivity index (χ1n) is 9.62. The number of rotatable bonds is 7. The van der Waals surface area contributed by atoms with E-state index in [0.717, 1.165) is 18.5 Å². The van der Waals surface area contributed by atoms with Crippen LogP contribution in [0.25, 0.3) is 0 Å². The summed E-state index contributed by atoms with van der Waals surface area (Å²) in [6.07, 6.45) is 5.97. The average Bonchev–Trinajstić information content (AvgIpc) is 2.67. The van der Waals surface area contributed by atoms with Crippen LogP contribution in [-0.4, -0.2) is 57.2 Å². The highest BCUT2D eigenvalue weighted by Gasteiger charge is 2.16. The summed E-state index contributed by atoms with van der Waals surface area (Å²) in [5.41, 5.74) is 0.832. The molecule has 0 aliphatic heterocycles. The van der Waals surface area contributed by atoms with Gasteiger partial charge in [-0.2, -0.15) is 0 Å². The van der Waals surface area contributed by atoms with Crippen LogP contribution in [0.4, 0.5) is 5.69 Å². The van der Waals surface area contributed by atoms with E-state index in [1.807, 2.05) is 25.1 Å². The molecule has 0 bridgehead atoms. The molecule has 1 aliphatic carbocycles. The highest BCUT2D eigenvalue weighted by Crippen LogP contribution is 2.30. The lowest BCUT2D eigenvalue weighted by Crippen LogP contribution is -2.41. The zero-order chi connectivity index (χ0) is 19.6. The Kier molecular flexibility index (Phi) is 8.23. The molecule has 1 aromatic rings. The van der Waals surface area contributed by atoms with Crippen molar-refractivity contribution in [2.24, 2.45) is 4.99 Å². The number of methoxy groups -OCH3 is 1.